The number of amides is 1. The zero-order valence-corrected chi connectivity index (χ0v) is 14.7. The summed E-state index contributed by atoms with van der Waals surface area (Å²) in [5.41, 5.74) is 2.39. The maximum absolute atomic E-state index is 12.2. The molecule has 3 N–H and O–H groups in total. The van der Waals surface area contributed by atoms with Crippen molar-refractivity contribution < 1.29 is 14.7 Å². The van der Waals surface area contributed by atoms with Crippen molar-refractivity contribution in [1.29, 1.82) is 5.26 Å². The first-order valence-corrected chi connectivity index (χ1v) is 8.75. The maximum atomic E-state index is 12.2. The molecule has 0 aromatic heterocycles. The summed E-state index contributed by atoms with van der Waals surface area (Å²) in [6, 6.07) is 6.45. The summed E-state index contributed by atoms with van der Waals surface area (Å²) >= 11 is 1.53. The van der Waals surface area contributed by atoms with Gasteiger partial charge in [-0.1, -0.05) is 12.1 Å². The van der Waals surface area contributed by atoms with E-state index in [0.717, 1.165) is 11.1 Å². The second-order valence-corrected chi connectivity index (χ2v) is 6.20. The Hall–Kier alpha value is -2.46. The molecule has 6 nitrogen and oxygen atoms in total. The molecule has 0 spiro atoms. The fourth-order valence-corrected chi connectivity index (χ4v) is 2.39. The van der Waals surface area contributed by atoms with Crippen LogP contribution in [0.5, 0.6) is 0 Å². The molecule has 1 rings (SSSR count). The number of carbonyl (C=O) groups is 2. The molecular weight excluding hydrogens is 326 g/mol. The number of benzene rings is 1. The van der Waals surface area contributed by atoms with Gasteiger partial charge in [0, 0.05) is 11.9 Å². The van der Waals surface area contributed by atoms with Gasteiger partial charge in [0.05, 0.1) is 0 Å². The lowest BCUT2D eigenvalue weighted by Crippen LogP contribution is -2.34. The van der Waals surface area contributed by atoms with Gasteiger partial charge in [-0.3, -0.25) is 4.79 Å². The number of anilines is 1. The number of aliphatic carboxylic acids is 1. The second kappa shape index (κ2) is 9.63. The quantitative estimate of drug-likeness (QED) is 0.493. The number of hydrogen-bond donors (Lipinski definition) is 3. The normalized spacial score (nSPS) is 12.2. The first kappa shape index (κ1) is 19.6. The summed E-state index contributed by atoms with van der Waals surface area (Å²) < 4.78 is 0. The first-order chi connectivity index (χ1) is 11.4. The average molecular weight is 347 g/mol. The SMILES string of the molecule is CSCCC(N/C=C(/C#N)C(=O)Nc1cccc(C)c1C)C(=O)O. The van der Waals surface area contributed by atoms with Gasteiger partial charge in [0.25, 0.3) is 5.91 Å². The fourth-order valence-electron chi connectivity index (χ4n) is 1.92. The number of carboxylic acid groups (broad SMARTS) is 1. The zero-order chi connectivity index (χ0) is 18.1. The van der Waals surface area contributed by atoms with Gasteiger partial charge in [0.15, 0.2) is 0 Å². The average Bonchev–Trinajstić information content (AvgIpc) is 2.54. The summed E-state index contributed by atoms with van der Waals surface area (Å²) in [6.45, 7) is 3.80. The van der Waals surface area contributed by atoms with Crippen LogP contribution in [0.3, 0.4) is 0 Å². The van der Waals surface area contributed by atoms with Crippen molar-refractivity contribution in [1.82, 2.24) is 5.32 Å². The van der Waals surface area contributed by atoms with Gasteiger partial charge in [0.2, 0.25) is 0 Å². The van der Waals surface area contributed by atoms with E-state index in [1.165, 1.54) is 18.0 Å². The molecule has 0 bridgehead atoms. The van der Waals surface area contributed by atoms with Crippen LogP contribution in [-0.2, 0) is 9.59 Å². The van der Waals surface area contributed by atoms with Crippen LogP contribution in [0.1, 0.15) is 17.5 Å². The van der Waals surface area contributed by atoms with Crippen molar-refractivity contribution in [2.24, 2.45) is 0 Å². The van der Waals surface area contributed by atoms with E-state index in [0.29, 0.717) is 17.9 Å². The first-order valence-electron chi connectivity index (χ1n) is 7.36. The predicted molar refractivity (Wildman–Crippen MR) is 95.8 cm³/mol. The molecule has 0 saturated heterocycles. The molecule has 1 aromatic carbocycles. The molecule has 128 valence electrons. The standard InChI is InChI=1S/C17H21N3O3S/c1-11-5-4-6-14(12(11)2)20-16(21)13(9-18)10-19-15(17(22)23)7-8-24-3/h4-6,10,15,19H,7-8H2,1-3H3,(H,20,21)(H,22,23)/b13-10-. The Morgan fingerprint density at radius 3 is 2.71 bits per heavy atom. The highest BCUT2D eigenvalue weighted by atomic mass is 32.2. The minimum Gasteiger partial charge on any atom is -0.480 e. The monoisotopic (exact) mass is 347 g/mol. The molecule has 7 heteroatoms. The Morgan fingerprint density at radius 2 is 2.12 bits per heavy atom. The van der Waals surface area contributed by atoms with E-state index in [-0.39, 0.29) is 5.57 Å². The number of rotatable bonds is 8. The largest absolute Gasteiger partial charge is 0.480 e. The highest BCUT2D eigenvalue weighted by Gasteiger charge is 2.17. The number of carbonyl (C=O) groups excluding carboxylic acids is 1. The summed E-state index contributed by atoms with van der Waals surface area (Å²) in [4.78, 5) is 23.4. The van der Waals surface area contributed by atoms with E-state index in [1.807, 2.05) is 32.2 Å². The molecule has 1 aromatic rings. The van der Waals surface area contributed by atoms with Crippen LogP contribution < -0.4 is 10.6 Å². The number of nitriles is 1. The lowest BCUT2D eigenvalue weighted by atomic mass is 10.1. The molecule has 0 radical (unpaired) electrons. The molecule has 24 heavy (non-hydrogen) atoms. The Labute approximate surface area is 145 Å². The van der Waals surface area contributed by atoms with Crippen LogP contribution in [0.2, 0.25) is 0 Å². The van der Waals surface area contributed by atoms with Crippen molar-refractivity contribution in [2.75, 3.05) is 17.3 Å². The third-order valence-electron chi connectivity index (χ3n) is 3.56. The van der Waals surface area contributed by atoms with E-state index in [9.17, 15) is 9.59 Å². The van der Waals surface area contributed by atoms with Crippen LogP contribution in [0.25, 0.3) is 0 Å². The van der Waals surface area contributed by atoms with Crippen LogP contribution in [0.15, 0.2) is 30.0 Å². The van der Waals surface area contributed by atoms with E-state index < -0.39 is 17.9 Å². The highest BCUT2D eigenvalue weighted by Crippen LogP contribution is 2.18. The van der Waals surface area contributed by atoms with Crippen LogP contribution in [-0.4, -0.2) is 35.0 Å². The summed E-state index contributed by atoms with van der Waals surface area (Å²) in [5.74, 6) is -0.936. The lowest BCUT2D eigenvalue weighted by Gasteiger charge is -2.13. The maximum Gasteiger partial charge on any atom is 0.326 e. The number of carboxylic acids is 1. The summed E-state index contributed by atoms with van der Waals surface area (Å²) in [7, 11) is 0. The van der Waals surface area contributed by atoms with E-state index in [2.05, 4.69) is 10.6 Å². The second-order valence-electron chi connectivity index (χ2n) is 5.21. The highest BCUT2D eigenvalue weighted by molar-refractivity contribution is 7.98. The Kier molecular flexibility index (Phi) is 7.86. The molecule has 0 aliphatic carbocycles. The predicted octanol–water partition coefficient (Wildman–Crippen LogP) is 2.45. The van der Waals surface area contributed by atoms with Crippen molar-refractivity contribution in [3.8, 4) is 6.07 Å². The van der Waals surface area contributed by atoms with Crippen LogP contribution in [0, 0.1) is 25.2 Å². The van der Waals surface area contributed by atoms with E-state index in [1.54, 1.807) is 12.1 Å². The van der Waals surface area contributed by atoms with Crippen molar-refractivity contribution >= 4 is 29.3 Å². The molecule has 0 aliphatic rings. The van der Waals surface area contributed by atoms with Gasteiger partial charge in [0.1, 0.15) is 17.7 Å². The molecule has 0 saturated carbocycles. The molecular formula is C17H21N3O3S. The van der Waals surface area contributed by atoms with E-state index in [4.69, 9.17) is 10.4 Å². The van der Waals surface area contributed by atoms with Crippen molar-refractivity contribution in [3.63, 3.8) is 0 Å². The molecule has 0 fully saturated rings. The van der Waals surface area contributed by atoms with Crippen molar-refractivity contribution in [3.05, 3.63) is 41.1 Å². The van der Waals surface area contributed by atoms with Crippen molar-refractivity contribution in [2.45, 2.75) is 26.3 Å². The van der Waals surface area contributed by atoms with Gasteiger partial charge in [-0.25, -0.2) is 4.79 Å². The lowest BCUT2D eigenvalue weighted by molar-refractivity contribution is -0.139. The molecule has 1 atom stereocenters. The van der Waals surface area contributed by atoms with Crippen LogP contribution in [0.4, 0.5) is 5.69 Å². The third-order valence-corrected chi connectivity index (χ3v) is 4.20. The van der Waals surface area contributed by atoms with Gasteiger partial charge in [-0.2, -0.15) is 17.0 Å². The Morgan fingerprint density at radius 1 is 1.42 bits per heavy atom. The molecule has 1 unspecified atom stereocenters. The van der Waals surface area contributed by atoms with Gasteiger partial charge in [-0.15, -0.1) is 0 Å². The number of aryl methyl sites for hydroxylation is 1. The third kappa shape index (κ3) is 5.63. The topological polar surface area (TPSA) is 102 Å². The fraction of sp³-hybridized carbons (Fsp3) is 0.353. The Bertz CT molecular complexity index is 680. The van der Waals surface area contributed by atoms with Gasteiger partial charge in [-0.05, 0) is 49.5 Å². The van der Waals surface area contributed by atoms with Gasteiger partial charge < -0.3 is 15.7 Å². The summed E-state index contributed by atoms with van der Waals surface area (Å²) in [6.07, 6.45) is 3.44. The number of thioether (sulfide) groups is 1. The van der Waals surface area contributed by atoms with Gasteiger partial charge >= 0.3 is 5.97 Å². The molecule has 0 heterocycles. The minimum atomic E-state index is -1.02. The number of nitrogens with one attached hydrogen (secondary N) is 2. The molecule has 1 amide bonds. The van der Waals surface area contributed by atoms with E-state index >= 15 is 0 Å². The summed E-state index contributed by atoms with van der Waals surface area (Å²) in [5, 5.41) is 23.6. The number of nitrogens with zero attached hydrogens (tertiary/aromatic N) is 1. The molecule has 0 aliphatic heterocycles. The van der Waals surface area contributed by atoms with Crippen LogP contribution >= 0.6 is 11.8 Å². The minimum absolute atomic E-state index is 0.175. The smallest absolute Gasteiger partial charge is 0.326 e. The number of hydrogen-bond acceptors (Lipinski definition) is 5. The zero-order valence-electron chi connectivity index (χ0n) is 13.9. The Balaban J connectivity index is 2.84.